The van der Waals surface area contributed by atoms with Gasteiger partial charge in [-0.15, -0.1) is 0 Å². The minimum Gasteiger partial charge on any atom is -0.497 e. The van der Waals surface area contributed by atoms with Crippen molar-refractivity contribution in [3.8, 4) is 11.5 Å². The molecule has 25 heavy (non-hydrogen) atoms. The van der Waals surface area contributed by atoms with E-state index in [-0.39, 0.29) is 18.6 Å². The summed E-state index contributed by atoms with van der Waals surface area (Å²) in [4.78, 5) is 10.8. The topological polar surface area (TPSA) is 146 Å². The van der Waals surface area contributed by atoms with Crippen LogP contribution in [-0.2, 0) is 16.0 Å². The van der Waals surface area contributed by atoms with Gasteiger partial charge in [0, 0.05) is 12.5 Å². The number of carbonyl (C=O) groups is 1. The fourth-order valence-electron chi connectivity index (χ4n) is 2.51. The summed E-state index contributed by atoms with van der Waals surface area (Å²) in [5.74, 6) is -0.321. The van der Waals surface area contributed by atoms with Crippen molar-refractivity contribution in [2.45, 2.75) is 43.5 Å². The van der Waals surface area contributed by atoms with Gasteiger partial charge in [0.15, 0.2) is 0 Å². The van der Waals surface area contributed by atoms with E-state index < -0.39 is 43.3 Å². The molecule has 1 saturated heterocycles. The van der Waals surface area contributed by atoms with Crippen molar-refractivity contribution in [2.24, 2.45) is 0 Å². The van der Waals surface area contributed by atoms with E-state index in [1.54, 1.807) is 12.1 Å². The molecule has 0 saturated carbocycles. The Morgan fingerprint density at radius 2 is 1.92 bits per heavy atom. The smallest absolute Gasteiger partial charge is 0.303 e. The van der Waals surface area contributed by atoms with Crippen LogP contribution in [0.2, 0.25) is 0 Å². The minimum atomic E-state index is -1.57. The second kappa shape index (κ2) is 8.45. The van der Waals surface area contributed by atoms with Crippen LogP contribution in [0.15, 0.2) is 18.2 Å². The summed E-state index contributed by atoms with van der Waals surface area (Å²) in [6.07, 6.45) is -7.02. The molecule has 1 aliphatic rings. The molecular formula is C16H22O9. The van der Waals surface area contributed by atoms with Gasteiger partial charge in [-0.25, -0.2) is 0 Å². The average molecular weight is 358 g/mol. The quantitative estimate of drug-likeness (QED) is 0.409. The molecule has 1 heterocycles. The van der Waals surface area contributed by atoms with Crippen molar-refractivity contribution in [1.82, 2.24) is 0 Å². The van der Waals surface area contributed by atoms with Crippen LogP contribution >= 0.6 is 0 Å². The van der Waals surface area contributed by atoms with Crippen molar-refractivity contribution in [3.05, 3.63) is 23.8 Å². The molecule has 0 aliphatic carbocycles. The number of carboxylic acids is 1. The van der Waals surface area contributed by atoms with Gasteiger partial charge in [0.05, 0.1) is 13.7 Å². The summed E-state index contributed by atoms with van der Waals surface area (Å²) in [6, 6.07) is 4.76. The molecule has 1 aliphatic heterocycles. The fourth-order valence-corrected chi connectivity index (χ4v) is 2.51. The highest BCUT2D eigenvalue weighted by molar-refractivity contribution is 5.67. The molecule has 2 rings (SSSR count). The van der Waals surface area contributed by atoms with E-state index in [0.717, 1.165) is 0 Å². The minimum absolute atomic E-state index is 0.128. The number of methoxy groups -OCH3 is 1. The molecule has 5 atom stereocenters. The van der Waals surface area contributed by atoms with E-state index in [2.05, 4.69) is 0 Å². The number of carboxylic acid groups (broad SMARTS) is 1. The first kappa shape index (κ1) is 19.4. The molecule has 9 heteroatoms. The van der Waals surface area contributed by atoms with Crippen LogP contribution < -0.4 is 9.47 Å². The number of aliphatic hydroxyl groups is 4. The van der Waals surface area contributed by atoms with Crippen LogP contribution in [0, 0.1) is 0 Å². The lowest BCUT2D eigenvalue weighted by atomic mass is 9.99. The molecule has 5 N–H and O–H groups in total. The highest BCUT2D eigenvalue weighted by Crippen LogP contribution is 2.30. The summed E-state index contributed by atoms with van der Waals surface area (Å²) in [5.41, 5.74) is 0.542. The van der Waals surface area contributed by atoms with Crippen LogP contribution in [0.4, 0.5) is 0 Å². The van der Waals surface area contributed by atoms with Gasteiger partial charge >= 0.3 is 5.97 Å². The number of ether oxygens (including phenoxy) is 3. The first-order valence-electron chi connectivity index (χ1n) is 7.73. The fraction of sp³-hybridized carbons (Fsp3) is 0.562. The number of aliphatic hydroxyl groups excluding tert-OH is 4. The van der Waals surface area contributed by atoms with Gasteiger partial charge < -0.3 is 39.7 Å². The lowest BCUT2D eigenvalue weighted by Gasteiger charge is -2.39. The first-order valence-corrected chi connectivity index (χ1v) is 7.73. The largest absolute Gasteiger partial charge is 0.497 e. The normalized spacial score (nSPS) is 29.2. The van der Waals surface area contributed by atoms with Crippen LogP contribution in [0.25, 0.3) is 0 Å². The molecule has 0 spiro atoms. The molecule has 0 radical (unpaired) electrons. The molecule has 0 amide bonds. The van der Waals surface area contributed by atoms with Gasteiger partial charge in [0.25, 0.3) is 0 Å². The van der Waals surface area contributed by atoms with Gasteiger partial charge in [-0.1, -0.05) is 6.07 Å². The standard InChI is InChI=1S/C16H22O9/c1-23-9-4-2-8(3-5-12(18)19)10(6-9)24-16-15(22)14(21)13(20)11(7-17)25-16/h2,4,6,11,13-17,20-22H,3,5,7H2,1H3,(H,18,19). The summed E-state index contributed by atoms with van der Waals surface area (Å²) in [6.45, 7) is -0.575. The van der Waals surface area contributed by atoms with E-state index in [9.17, 15) is 25.2 Å². The summed E-state index contributed by atoms with van der Waals surface area (Å²) in [5, 5.41) is 47.7. The Balaban J connectivity index is 2.22. The predicted octanol–water partition coefficient (Wildman–Crippen LogP) is -1.11. The molecule has 9 nitrogen and oxygen atoms in total. The van der Waals surface area contributed by atoms with E-state index in [4.69, 9.17) is 19.3 Å². The Bertz CT molecular complexity index is 589. The van der Waals surface area contributed by atoms with Crippen molar-refractivity contribution >= 4 is 5.97 Å². The zero-order chi connectivity index (χ0) is 18.6. The third-order valence-corrected chi connectivity index (χ3v) is 3.97. The molecule has 5 unspecified atom stereocenters. The van der Waals surface area contributed by atoms with Crippen molar-refractivity contribution < 1.29 is 44.5 Å². The SMILES string of the molecule is COc1ccc(CCC(=O)O)c(OC2OC(CO)C(O)C(O)C2O)c1. The molecule has 1 aromatic carbocycles. The summed E-state index contributed by atoms with van der Waals surface area (Å²) < 4.78 is 16.0. The molecular weight excluding hydrogens is 336 g/mol. The third kappa shape index (κ3) is 4.59. The van der Waals surface area contributed by atoms with Crippen LogP contribution in [0.3, 0.4) is 0 Å². The Kier molecular flexibility index (Phi) is 6.57. The van der Waals surface area contributed by atoms with Crippen LogP contribution in [-0.4, -0.2) is 75.9 Å². The lowest BCUT2D eigenvalue weighted by molar-refractivity contribution is -0.277. The maximum Gasteiger partial charge on any atom is 0.303 e. The van der Waals surface area contributed by atoms with Gasteiger partial charge in [0.2, 0.25) is 6.29 Å². The number of hydrogen-bond acceptors (Lipinski definition) is 8. The summed E-state index contributed by atoms with van der Waals surface area (Å²) >= 11 is 0. The second-order valence-corrected chi connectivity index (χ2v) is 5.68. The number of hydrogen-bond donors (Lipinski definition) is 5. The third-order valence-electron chi connectivity index (χ3n) is 3.97. The zero-order valence-corrected chi connectivity index (χ0v) is 13.6. The lowest BCUT2D eigenvalue weighted by Crippen LogP contribution is -2.60. The van der Waals surface area contributed by atoms with E-state index >= 15 is 0 Å². The number of aryl methyl sites for hydroxylation is 1. The van der Waals surface area contributed by atoms with Gasteiger partial charge in [0.1, 0.15) is 35.9 Å². The predicted molar refractivity (Wildman–Crippen MR) is 83.3 cm³/mol. The number of benzene rings is 1. The zero-order valence-electron chi connectivity index (χ0n) is 13.6. The Morgan fingerprint density at radius 1 is 1.20 bits per heavy atom. The molecule has 0 aromatic heterocycles. The van der Waals surface area contributed by atoms with Gasteiger partial charge in [-0.3, -0.25) is 4.79 Å². The Morgan fingerprint density at radius 3 is 2.52 bits per heavy atom. The van der Waals surface area contributed by atoms with Crippen molar-refractivity contribution in [1.29, 1.82) is 0 Å². The first-order chi connectivity index (χ1) is 11.9. The van der Waals surface area contributed by atoms with E-state index in [0.29, 0.717) is 11.3 Å². The second-order valence-electron chi connectivity index (χ2n) is 5.68. The average Bonchev–Trinajstić information content (AvgIpc) is 2.60. The maximum atomic E-state index is 10.8. The van der Waals surface area contributed by atoms with E-state index in [1.807, 2.05) is 0 Å². The van der Waals surface area contributed by atoms with Gasteiger partial charge in [-0.05, 0) is 18.1 Å². The molecule has 140 valence electrons. The Hall–Kier alpha value is -1.91. The maximum absolute atomic E-state index is 10.8. The molecule has 1 fully saturated rings. The molecule has 0 bridgehead atoms. The van der Waals surface area contributed by atoms with Crippen LogP contribution in [0.5, 0.6) is 11.5 Å². The van der Waals surface area contributed by atoms with Crippen molar-refractivity contribution in [3.63, 3.8) is 0 Å². The monoisotopic (exact) mass is 358 g/mol. The van der Waals surface area contributed by atoms with Gasteiger partial charge in [-0.2, -0.15) is 0 Å². The summed E-state index contributed by atoms with van der Waals surface area (Å²) in [7, 11) is 1.45. The van der Waals surface area contributed by atoms with E-state index in [1.165, 1.54) is 13.2 Å². The Labute approximate surface area is 144 Å². The van der Waals surface area contributed by atoms with Crippen LogP contribution in [0.1, 0.15) is 12.0 Å². The highest BCUT2D eigenvalue weighted by atomic mass is 16.7. The number of rotatable bonds is 7. The number of aliphatic carboxylic acids is 1. The highest BCUT2D eigenvalue weighted by Gasteiger charge is 2.44. The van der Waals surface area contributed by atoms with Crippen molar-refractivity contribution in [2.75, 3.05) is 13.7 Å². The molecule has 1 aromatic rings.